The fourth-order valence-electron chi connectivity index (χ4n) is 2.60. The van der Waals surface area contributed by atoms with E-state index < -0.39 is 0 Å². The Morgan fingerprint density at radius 3 is 3.00 bits per heavy atom. The van der Waals surface area contributed by atoms with Gasteiger partial charge in [-0.1, -0.05) is 19.9 Å². The average Bonchev–Trinajstić information content (AvgIpc) is 2.66. The van der Waals surface area contributed by atoms with Gasteiger partial charge in [-0.05, 0) is 61.4 Å². The number of aromatic hydroxyl groups is 1. The molecule has 0 fully saturated rings. The van der Waals surface area contributed by atoms with Crippen molar-refractivity contribution in [3.8, 4) is 5.75 Å². The molecule has 2 nitrogen and oxygen atoms in total. The number of benzene rings is 1. The lowest BCUT2D eigenvalue weighted by molar-refractivity contribution is 0.473. The number of fused-ring (bicyclic) bond motifs is 1. The van der Waals surface area contributed by atoms with Gasteiger partial charge in [0.1, 0.15) is 5.75 Å². The highest BCUT2D eigenvalue weighted by Crippen LogP contribution is 2.33. The highest BCUT2D eigenvalue weighted by molar-refractivity contribution is 5.39. The van der Waals surface area contributed by atoms with Crippen LogP contribution >= 0.6 is 0 Å². The van der Waals surface area contributed by atoms with Gasteiger partial charge in [0.2, 0.25) is 0 Å². The van der Waals surface area contributed by atoms with Gasteiger partial charge in [0, 0.05) is 6.04 Å². The molecule has 0 aromatic heterocycles. The lowest BCUT2D eigenvalue weighted by Crippen LogP contribution is -2.20. The number of hydrogen-bond donors (Lipinski definition) is 2. The van der Waals surface area contributed by atoms with Crippen LogP contribution in [0.15, 0.2) is 18.2 Å². The number of phenolic OH excluding ortho intramolecular Hbond substituents is 1. The van der Waals surface area contributed by atoms with E-state index in [9.17, 15) is 5.11 Å². The Balaban J connectivity index is 1.85. The fraction of sp³-hybridized carbons (Fsp3) is 0.600. The molecule has 1 aliphatic carbocycles. The molecule has 0 amide bonds. The van der Waals surface area contributed by atoms with E-state index >= 15 is 0 Å². The molecule has 2 N–H and O–H groups in total. The van der Waals surface area contributed by atoms with Gasteiger partial charge in [0.15, 0.2) is 0 Å². The molecule has 0 radical (unpaired) electrons. The second-order valence-corrected chi connectivity index (χ2v) is 5.46. The first-order valence-electron chi connectivity index (χ1n) is 6.72. The number of phenols is 1. The van der Waals surface area contributed by atoms with E-state index in [1.807, 2.05) is 6.07 Å². The van der Waals surface area contributed by atoms with Crippen LogP contribution in [-0.2, 0) is 6.42 Å². The van der Waals surface area contributed by atoms with E-state index in [4.69, 9.17) is 0 Å². The summed E-state index contributed by atoms with van der Waals surface area (Å²) in [5, 5.41) is 13.1. The normalized spacial score (nSPS) is 18.6. The van der Waals surface area contributed by atoms with Gasteiger partial charge in [-0.3, -0.25) is 0 Å². The van der Waals surface area contributed by atoms with Crippen molar-refractivity contribution in [2.45, 2.75) is 45.6 Å². The first-order valence-corrected chi connectivity index (χ1v) is 6.72. The van der Waals surface area contributed by atoms with Crippen molar-refractivity contribution in [3.63, 3.8) is 0 Å². The standard InChI is InChI=1S/C15H23NO/c1-11(2)4-3-9-16-15-8-5-12-10-13(17)6-7-14(12)15/h6-7,10-11,15-17H,3-5,8-9H2,1-2H3. The van der Waals surface area contributed by atoms with E-state index in [-0.39, 0.29) is 0 Å². The molecule has 17 heavy (non-hydrogen) atoms. The predicted octanol–water partition coefficient (Wildman–Crippen LogP) is 3.41. The number of nitrogens with one attached hydrogen (secondary N) is 1. The van der Waals surface area contributed by atoms with Crippen molar-refractivity contribution < 1.29 is 5.11 Å². The summed E-state index contributed by atoms with van der Waals surface area (Å²) in [6.45, 7) is 5.64. The van der Waals surface area contributed by atoms with E-state index in [1.165, 1.54) is 30.4 Å². The third kappa shape index (κ3) is 3.22. The Morgan fingerprint density at radius 1 is 1.41 bits per heavy atom. The molecule has 1 aromatic carbocycles. The van der Waals surface area contributed by atoms with Gasteiger partial charge < -0.3 is 10.4 Å². The van der Waals surface area contributed by atoms with Gasteiger partial charge in [0.25, 0.3) is 0 Å². The van der Waals surface area contributed by atoms with E-state index in [0.29, 0.717) is 11.8 Å². The van der Waals surface area contributed by atoms with Gasteiger partial charge >= 0.3 is 0 Å². The van der Waals surface area contributed by atoms with Crippen molar-refractivity contribution in [3.05, 3.63) is 29.3 Å². The molecule has 2 rings (SSSR count). The first-order chi connectivity index (χ1) is 8.16. The number of hydrogen-bond acceptors (Lipinski definition) is 2. The quantitative estimate of drug-likeness (QED) is 0.764. The summed E-state index contributed by atoms with van der Waals surface area (Å²) in [6.07, 6.45) is 4.80. The van der Waals surface area contributed by atoms with Crippen molar-refractivity contribution in [2.75, 3.05) is 6.54 Å². The second-order valence-electron chi connectivity index (χ2n) is 5.46. The molecule has 0 saturated carbocycles. The smallest absolute Gasteiger partial charge is 0.115 e. The highest BCUT2D eigenvalue weighted by Gasteiger charge is 2.21. The Kier molecular flexibility index (Phi) is 4.06. The lowest BCUT2D eigenvalue weighted by atomic mass is 10.1. The predicted molar refractivity (Wildman–Crippen MR) is 71.2 cm³/mol. The molecule has 0 saturated heterocycles. The molecular formula is C15H23NO. The summed E-state index contributed by atoms with van der Waals surface area (Å²) in [7, 11) is 0. The molecule has 94 valence electrons. The maximum atomic E-state index is 9.44. The van der Waals surface area contributed by atoms with Crippen LogP contribution in [0.3, 0.4) is 0 Å². The summed E-state index contributed by atoms with van der Waals surface area (Å²) >= 11 is 0. The summed E-state index contributed by atoms with van der Waals surface area (Å²) in [6, 6.07) is 6.27. The minimum Gasteiger partial charge on any atom is -0.508 e. The van der Waals surface area contributed by atoms with Gasteiger partial charge in [-0.25, -0.2) is 0 Å². The topological polar surface area (TPSA) is 32.3 Å². The van der Waals surface area contributed by atoms with Crippen LogP contribution in [0.2, 0.25) is 0 Å². The maximum Gasteiger partial charge on any atom is 0.115 e. The van der Waals surface area contributed by atoms with Gasteiger partial charge in [-0.15, -0.1) is 0 Å². The largest absolute Gasteiger partial charge is 0.508 e. The van der Waals surface area contributed by atoms with Gasteiger partial charge in [0.05, 0.1) is 0 Å². The van der Waals surface area contributed by atoms with Crippen LogP contribution in [0, 0.1) is 5.92 Å². The first kappa shape index (κ1) is 12.4. The molecule has 0 heterocycles. The monoisotopic (exact) mass is 233 g/mol. The molecule has 0 aliphatic heterocycles. The molecule has 2 heteroatoms. The molecular weight excluding hydrogens is 210 g/mol. The molecule has 0 bridgehead atoms. The van der Waals surface area contributed by atoms with Crippen LogP contribution in [0.25, 0.3) is 0 Å². The van der Waals surface area contributed by atoms with E-state index in [0.717, 1.165) is 18.9 Å². The SMILES string of the molecule is CC(C)CCCNC1CCc2cc(O)ccc21. The third-order valence-electron chi connectivity index (χ3n) is 3.55. The molecule has 0 spiro atoms. The number of rotatable bonds is 5. The molecule has 1 unspecified atom stereocenters. The van der Waals surface area contributed by atoms with Crippen LogP contribution in [0.4, 0.5) is 0 Å². The average molecular weight is 233 g/mol. The molecule has 1 atom stereocenters. The van der Waals surface area contributed by atoms with Crippen molar-refractivity contribution >= 4 is 0 Å². The van der Waals surface area contributed by atoms with E-state index in [2.05, 4.69) is 25.2 Å². The molecule has 1 aliphatic rings. The van der Waals surface area contributed by atoms with Crippen molar-refractivity contribution in [1.82, 2.24) is 5.32 Å². The summed E-state index contributed by atoms with van der Waals surface area (Å²) < 4.78 is 0. The number of aryl methyl sites for hydroxylation is 1. The van der Waals surface area contributed by atoms with Crippen LogP contribution in [0.1, 0.15) is 50.3 Å². The minimum absolute atomic E-state index is 0.393. The van der Waals surface area contributed by atoms with Crippen LogP contribution < -0.4 is 5.32 Å². The minimum atomic E-state index is 0.393. The Labute approximate surface area is 104 Å². The Morgan fingerprint density at radius 2 is 2.24 bits per heavy atom. The van der Waals surface area contributed by atoms with Crippen LogP contribution in [0.5, 0.6) is 5.75 Å². The highest BCUT2D eigenvalue weighted by atomic mass is 16.3. The van der Waals surface area contributed by atoms with E-state index in [1.54, 1.807) is 6.07 Å². The Bertz CT molecular complexity index is 373. The zero-order valence-corrected chi connectivity index (χ0v) is 10.9. The summed E-state index contributed by atoms with van der Waals surface area (Å²) in [5.74, 6) is 1.19. The summed E-state index contributed by atoms with van der Waals surface area (Å²) in [5.41, 5.74) is 2.69. The van der Waals surface area contributed by atoms with Gasteiger partial charge in [-0.2, -0.15) is 0 Å². The Hall–Kier alpha value is -1.02. The second kappa shape index (κ2) is 5.54. The lowest BCUT2D eigenvalue weighted by Gasteiger charge is -2.14. The molecule has 1 aromatic rings. The zero-order chi connectivity index (χ0) is 12.3. The fourth-order valence-corrected chi connectivity index (χ4v) is 2.60. The third-order valence-corrected chi connectivity index (χ3v) is 3.55. The van der Waals surface area contributed by atoms with Crippen molar-refractivity contribution in [1.29, 1.82) is 0 Å². The maximum absolute atomic E-state index is 9.44. The van der Waals surface area contributed by atoms with Crippen LogP contribution in [-0.4, -0.2) is 11.7 Å². The zero-order valence-electron chi connectivity index (χ0n) is 10.9. The van der Waals surface area contributed by atoms with Crippen molar-refractivity contribution in [2.24, 2.45) is 5.92 Å². The summed E-state index contributed by atoms with van der Waals surface area (Å²) in [4.78, 5) is 0.